The first-order chi connectivity index (χ1) is 11.9. The minimum atomic E-state index is -0.544. The first-order valence-corrected chi connectivity index (χ1v) is 8.64. The van der Waals surface area contributed by atoms with E-state index in [1.54, 1.807) is 6.20 Å². The fourth-order valence-corrected chi connectivity index (χ4v) is 3.60. The topological polar surface area (TPSA) is 81.2 Å². The van der Waals surface area contributed by atoms with Crippen molar-refractivity contribution >= 4 is 11.8 Å². The quantitative estimate of drug-likeness (QED) is 0.926. The van der Waals surface area contributed by atoms with E-state index in [1.165, 1.54) is 4.68 Å². The maximum Gasteiger partial charge on any atom is 0.252 e. The third-order valence-corrected chi connectivity index (χ3v) is 4.59. The van der Waals surface area contributed by atoms with E-state index >= 15 is 0 Å². The van der Waals surface area contributed by atoms with Gasteiger partial charge in [0.05, 0.1) is 5.56 Å². The lowest BCUT2D eigenvalue weighted by molar-refractivity contribution is -0.134. The molecule has 1 aliphatic heterocycles. The monoisotopic (exact) mass is 340 g/mol. The SMILES string of the molecule is C[C@@H]1C[C@H](C)CN(C(=O)Cn2cc(C(N)=O)c(-c3ccccc3)n2)C1. The summed E-state index contributed by atoms with van der Waals surface area (Å²) in [5, 5.41) is 4.44. The maximum atomic E-state index is 12.6. The summed E-state index contributed by atoms with van der Waals surface area (Å²) in [6.07, 6.45) is 2.72. The fourth-order valence-electron chi connectivity index (χ4n) is 3.60. The Hall–Kier alpha value is -2.63. The second-order valence-electron chi connectivity index (χ2n) is 7.06. The molecule has 132 valence electrons. The van der Waals surface area contributed by atoms with Gasteiger partial charge in [0.1, 0.15) is 12.2 Å². The molecule has 25 heavy (non-hydrogen) atoms. The summed E-state index contributed by atoms with van der Waals surface area (Å²) < 4.78 is 1.52. The second kappa shape index (κ2) is 7.09. The van der Waals surface area contributed by atoms with Crippen molar-refractivity contribution < 1.29 is 9.59 Å². The highest BCUT2D eigenvalue weighted by atomic mass is 16.2. The predicted octanol–water partition coefficient (Wildman–Crippen LogP) is 2.15. The van der Waals surface area contributed by atoms with Crippen LogP contribution in [0.3, 0.4) is 0 Å². The van der Waals surface area contributed by atoms with E-state index < -0.39 is 5.91 Å². The van der Waals surface area contributed by atoms with E-state index in [2.05, 4.69) is 18.9 Å². The van der Waals surface area contributed by atoms with Crippen molar-refractivity contribution in [3.63, 3.8) is 0 Å². The number of nitrogens with two attached hydrogens (primary N) is 1. The Morgan fingerprint density at radius 3 is 2.40 bits per heavy atom. The number of primary amides is 1. The van der Waals surface area contributed by atoms with Gasteiger partial charge >= 0.3 is 0 Å². The molecule has 6 heteroatoms. The molecule has 6 nitrogen and oxygen atoms in total. The summed E-state index contributed by atoms with van der Waals surface area (Å²) in [6.45, 7) is 6.01. The van der Waals surface area contributed by atoms with Gasteiger partial charge in [0.25, 0.3) is 5.91 Å². The van der Waals surface area contributed by atoms with Crippen LogP contribution in [0.4, 0.5) is 0 Å². The molecule has 1 saturated heterocycles. The number of carbonyl (C=O) groups is 2. The third-order valence-electron chi connectivity index (χ3n) is 4.59. The number of hydrogen-bond acceptors (Lipinski definition) is 3. The summed E-state index contributed by atoms with van der Waals surface area (Å²) in [5.41, 5.74) is 7.14. The number of benzene rings is 1. The van der Waals surface area contributed by atoms with Gasteiger partial charge < -0.3 is 10.6 Å². The predicted molar refractivity (Wildman–Crippen MR) is 95.7 cm³/mol. The maximum absolute atomic E-state index is 12.6. The molecule has 0 aliphatic carbocycles. The highest BCUT2D eigenvalue weighted by Crippen LogP contribution is 2.23. The normalized spacial score (nSPS) is 20.5. The Kier molecular flexibility index (Phi) is 4.88. The average molecular weight is 340 g/mol. The van der Waals surface area contributed by atoms with Crippen molar-refractivity contribution in [1.82, 2.24) is 14.7 Å². The lowest BCUT2D eigenvalue weighted by Gasteiger charge is -2.35. The first kappa shape index (κ1) is 17.2. The molecule has 2 aromatic rings. The smallest absolute Gasteiger partial charge is 0.252 e. The molecular weight excluding hydrogens is 316 g/mol. The van der Waals surface area contributed by atoms with Crippen LogP contribution in [0.2, 0.25) is 0 Å². The summed E-state index contributed by atoms with van der Waals surface area (Å²) in [5.74, 6) is 0.493. The van der Waals surface area contributed by atoms with Gasteiger partial charge in [0, 0.05) is 24.8 Å². The van der Waals surface area contributed by atoms with E-state index in [9.17, 15) is 9.59 Å². The van der Waals surface area contributed by atoms with Crippen molar-refractivity contribution in [3.05, 3.63) is 42.1 Å². The molecule has 0 radical (unpaired) electrons. The highest BCUT2D eigenvalue weighted by Gasteiger charge is 2.26. The number of likely N-dealkylation sites (tertiary alicyclic amines) is 1. The van der Waals surface area contributed by atoms with Crippen LogP contribution in [-0.4, -0.2) is 39.6 Å². The van der Waals surface area contributed by atoms with E-state index in [4.69, 9.17) is 5.73 Å². The first-order valence-electron chi connectivity index (χ1n) is 8.64. The van der Waals surface area contributed by atoms with Gasteiger partial charge in [0.2, 0.25) is 5.91 Å². The van der Waals surface area contributed by atoms with Gasteiger partial charge in [-0.25, -0.2) is 0 Å². The van der Waals surface area contributed by atoms with Crippen LogP contribution >= 0.6 is 0 Å². The van der Waals surface area contributed by atoms with E-state index in [0.29, 0.717) is 23.1 Å². The zero-order chi connectivity index (χ0) is 18.0. The van der Waals surface area contributed by atoms with Gasteiger partial charge in [-0.1, -0.05) is 44.2 Å². The van der Waals surface area contributed by atoms with E-state index in [0.717, 1.165) is 25.1 Å². The fraction of sp³-hybridized carbons (Fsp3) is 0.421. The second-order valence-corrected chi connectivity index (χ2v) is 7.06. The number of amides is 2. The standard InChI is InChI=1S/C19H24N4O2/c1-13-8-14(2)10-22(9-13)17(24)12-23-11-16(19(20)25)18(21-23)15-6-4-3-5-7-15/h3-7,11,13-14H,8-10,12H2,1-2H3,(H2,20,25)/t13-,14+. The van der Waals surface area contributed by atoms with Crippen molar-refractivity contribution in [3.8, 4) is 11.3 Å². The van der Waals surface area contributed by atoms with Crippen LogP contribution in [-0.2, 0) is 11.3 Å². The molecule has 2 atom stereocenters. The van der Waals surface area contributed by atoms with Crippen LogP contribution in [0.25, 0.3) is 11.3 Å². The minimum absolute atomic E-state index is 0.0246. The van der Waals surface area contributed by atoms with Gasteiger partial charge in [-0.05, 0) is 18.3 Å². The molecule has 0 saturated carbocycles. The number of hydrogen-bond donors (Lipinski definition) is 1. The minimum Gasteiger partial charge on any atom is -0.365 e. The molecule has 0 bridgehead atoms. The summed E-state index contributed by atoms with van der Waals surface area (Å²) >= 11 is 0. The number of aromatic nitrogens is 2. The molecule has 1 fully saturated rings. The summed E-state index contributed by atoms with van der Waals surface area (Å²) in [6, 6.07) is 9.39. The largest absolute Gasteiger partial charge is 0.365 e. The van der Waals surface area contributed by atoms with Crippen LogP contribution in [0.1, 0.15) is 30.6 Å². The average Bonchev–Trinajstić information content (AvgIpc) is 2.99. The van der Waals surface area contributed by atoms with Gasteiger partial charge in [-0.2, -0.15) is 5.10 Å². The molecule has 1 aromatic heterocycles. The van der Waals surface area contributed by atoms with Crippen molar-refractivity contribution in [2.45, 2.75) is 26.8 Å². The lowest BCUT2D eigenvalue weighted by Crippen LogP contribution is -2.44. The Morgan fingerprint density at radius 2 is 1.80 bits per heavy atom. The molecule has 0 unspecified atom stereocenters. The third kappa shape index (κ3) is 3.90. The molecule has 3 rings (SSSR count). The molecule has 1 aromatic carbocycles. The molecular formula is C19H24N4O2. The van der Waals surface area contributed by atoms with E-state index in [-0.39, 0.29) is 12.5 Å². The van der Waals surface area contributed by atoms with Crippen molar-refractivity contribution in [2.24, 2.45) is 17.6 Å². The zero-order valence-corrected chi connectivity index (χ0v) is 14.7. The zero-order valence-electron chi connectivity index (χ0n) is 14.7. The highest BCUT2D eigenvalue weighted by molar-refractivity contribution is 5.98. The summed E-state index contributed by atoms with van der Waals surface area (Å²) in [4.78, 5) is 26.3. The number of rotatable bonds is 4. The van der Waals surface area contributed by atoms with Gasteiger partial charge in [0.15, 0.2) is 0 Å². The number of piperidine rings is 1. The lowest BCUT2D eigenvalue weighted by atomic mass is 9.92. The van der Waals surface area contributed by atoms with Crippen LogP contribution in [0.15, 0.2) is 36.5 Å². The Labute approximate surface area is 147 Å². The van der Waals surface area contributed by atoms with Gasteiger partial charge in [-0.15, -0.1) is 0 Å². The van der Waals surface area contributed by atoms with E-state index in [1.807, 2.05) is 35.2 Å². The van der Waals surface area contributed by atoms with Crippen LogP contribution in [0, 0.1) is 11.8 Å². The Bertz CT molecular complexity index is 759. The molecule has 2 heterocycles. The summed E-state index contributed by atoms with van der Waals surface area (Å²) in [7, 11) is 0. The van der Waals surface area contributed by atoms with Crippen molar-refractivity contribution in [2.75, 3.05) is 13.1 Å². The molecule has 2 amide bonds. The number of carbonyl (C=O) groups excluding carboxylic acids is 2. The molecule has 0 spiro atoms. The Balaban J connectivity index is 1.81. The van der Waals surface area contributed by atoms with Crippen LogP contribution < -0.4 is 5.73 Å². The number of nitrogens with zero attached hydrogens (tertiary/aromatic N) is 3. The molecule has 2 N–H and O–H groups in total. The van der Waals surface area contributed by atoms with Crippen LogP contribution in [0.5, 0.6) is 0 Å². The van der Waals surface area contributed by atoms with Gasteiger partial charge in [-0.3, -0.25) is 14.3 Å². The molecule has 1 aliphatic rings. The van der Waals surface area contributed by atoms with Crippen molar-refractivity contribution in [1.29, 1.82) is 0 Å². The Morgan fingerprint density at radius 1 is 1.16 bits per heavy atom.